The average molecular weight is 241 g/mol. The molecular formula is C11H22F3NO. The van der Waals surface area contributed by atoms with Crippen LogP contribution in [0.25, 0.3) is 0 Å². The Hall–Kier alpha value is -0.290. The smallest absolute Gasteiger partial charge is 0.375 e. The molecular weight excluding hydrogens is 219 g/mol. The summed E-state index contributed by atoms with van der Waals surface area (Å²) in [5.74, 6) is 0. The highest BCUT2D eigenvalue weighted by molar-refractivity contribution is 4.70. The number of hydrogen-bond donors (Lipinski definition) is 1. The lowest BCUT2D eigenvalue weighted by molar-refractivity contribution is -0.125. The Labute approximate surface area is 95.5 Å². The van der Waals surface area contributed by atoms with Crippen LogP contribution in [0, 0.1) is 0 Å². The summed E-state index contributed by atoms with van der Waals surface area (Å²) in [5.41, 5.74) is -0.135. The van der Waals surface area contributed by atoms with Crippen LogP contribution in [0.2, 0.25) is 0 Å². The third kappa shape index (κ3) is 7.93. The quantitative estimate of drug-likeness (QED) is 0.659. The van der Waals surface area contributed by atoms with Crippen molar-refractivity contribution in [2.75, 3.05) is 19.7 Å². The second-order valence-electron chi connectivity index (χ2n) is 4.15. The van der Waals surface area contributed by atoms with Crippen molar-refractivity contribution in [2.45, 2.75) is 51.8 Å². The van der Waals surface area contributed by atoms with Crippen molar-refractivity contribution in [1.29, 1.82) is 0 Å². The molecule has 5 heteroatoms. The molecule has 0 radical (unpaired) electrons. The van der Waals surface area contributed by atoms with Gasteiger partial charge in [-0.25, -0.2) is 0 Å². The van der Waals surface area contributed by atoms with Crippen molar-refractivity contribution in [3.8, 4) is 0 Å². The minimum atomic E-state index is -4.12. The molecule has 0 aromatic rings. The first-order valence-corrected chi connectivity index (χ1v) is 5.74. The highest BCUT2D eigenvalue weighted by Gasteiger charge is 2.26. The molecule has 0 aliphatic heterocycles. The second kappa shape index (κ2) is 7.12. The van der Waals surface area contributed by atoms with Gasteiger partial charge in [0.2, 0.25) is 0 Å². The molecule has 1 N–H and O–H groups in total. The van der Waals surface area contributed by atoms with Crippen LogP contribution in [0.4, 0.5) is 13.2 Å². The van der Waals surface area contributed by atoms with Crippen molar-refractivity contribution in [2.24, 2.45) is 0 Å². The van der Waals surface area contributed by atoms with Gasteiger partial charge in [-0.1, -0.05) is 13.8 Å². The van der Waals surface area contributed by atoms with Crippen molar-refractivity contribution in [3.63, 3.8) is 0 Å². The highest BCUT2D eigenvalue weighted by atomic mass is 19.4. The largest absolute Gasteiger partial charge is 0.401 e. The van der Waals surface area contributed by atoms with E-state index in [1.807, 2.05) is 20.8 Å². The minimum Gasteiger partial charge on any atom is -0.375 e. The molecule has 0 bridgehead atoms. The van der Waals surface area contributed by atoms with Crippen LogP contribution in [-0.2, 0) is 4.74 Å². The normalized spacial score (nSPS) is 13.1. The van der Waals surface area contributed by atoms with Gasteiger partial charge in [0.25, 0.3) is 0 Å². The number of ether oxygens (including phenoxy) is 1. The summed E-state index contributed by atoms with van der Waals surface area (Å²) in [6, 6.07) is 0. The van der Waals surface area contributed by atoms with Gasteiger partial charge in [-0.2, -0.15) is 13.2 Å². The molecule has 0 aliphatic rings. The van der Waals surface area contributed by atoms with E-state index in [2.05, 4.69) is 5.32 Å². The third-order valence-electron chi connectivity index (χ3n) is 2.77. The van der Waals surface area contributed by atoms with E-state index >= 15 is 0 Å². The fraction of sp³-hybridized carbons (Fsp3) is 1.00. The third-order valence-corrected chi connectivity index (χ3v) is 2.77. The van der Waals surface area contributed by atoms with Gasteiger partial charge in [-0.05, 0) is 32.7 Å². The molecule has 0 saturated heterocycles. The summed E-state index contributed by atoms with van der Waals surface area (Å²) < 4.78 is 40.9. The molecule has 2 nitrogen and oxygen atoms in total. The van der Waals surface area contributed by atoms with Crippen molar-refractivity contribution in [1.82, 2.24) is 5.32 Å². The Bertz CT molecular complexity index is 179. The Morgan fingerprint density at radius 1 is 1.12 bits per heavy atom. The summed E-state index contributed by atoms with van der Waals surface area (Å²) in [6.45, 7) is 6.03. The summed E-state index contributed by atoms with van der Waals surface area (Å²) in [4.78, 5) is 0. The first kappa shape index (κ1) is 15.7. The van der Waals surface area contributed by atoms with Gasteiger partial charge < -0.3 is 10.1 Å². The predicted molar refractivity (Wildman–Crippen MR) is 58.5 cm³/mol. The minimum absolute atomic E-state index is 0.135. The summed E-state index contributed by atoms with van der Waals surface area (Å²) in [5, 5.41) is 2.34. The van der Waals surface area contributed by atoms with Crippen LogP contribution in [0.1, 0.15) is 40.0 Å². The molecule has 0 unspecified atom stereocenters. The van der Waals surface area contributed by atoms with Crippen molar-refractivity contribution < 1.29 is 17.9 Å². The summed E-state index contributed by atoms with van der Waals surface area (Å²) in [6.07, 6.45) is -1.69. The van der Waals surface area contributed by atoms with Gasteiger partial charge in [0.15, 0.2) is 0 Å². The Balaban J connectivity index is 3.47. The molecule has 98 valence electrons. The molecule has 0 spiro atoms. The topological polar surface area (TPSA) is 21.3 Å². The average Bonchev–Trinajstić information content (AvgIpc) is 2.21. The van der Waals surface area contributed by atoms with Gasteiger partial charge in [0.05, 0.1) is 12.1 Å². The Kier molecular flexibility index (Phi) is 6.99. The Morgan fingerprint density at radius 3 is 2.12 bits per heavy atom. The lowest BCUT2D eigenvalue weighted by atomic mass is 10.0. The molecule has 0 fully saturated rings. The van der Waals surface area contributed by atoms with Gasteiger partial charge in [0, 0.05) is 6.61 Å². The van der Waals surface area contributed by atoms with E-state index in [4.69, 9.17) is 4.74 Å². The molecule has 0 rings (SSSR count). The van der Waals surface area contributed by atoms with Crippen LogP contribution < -0.4 is 5.32 Å². The van der Waals surface area contributed by atoms with Crippen molar-refractivity contribution >= 4 is 0 Å². The molecule has 0 aromatic carbocycles. The number of halogens is 3. The molecule has 16 heavy (non-hydrogen) atoms. The number of rotatable bonds is 8. The lowest BCUT2D eigenvalue weighted by Gasteiger charge is -2.27. The van der Waals surface area contributed by atoms with E-state index in [-0.39, 0.29) is 5.60 Å². The van der Waals surface area contributed by atoms with Gasteiger partial charge in [-0.3, -0.25) is 0 Å². The van der Waals surface area contributed by atoms with E-state index in [0.29, 0.717) is 19.6 Å². The van der Waals surface area contributed by atoms with E-state index < -0.39 is 12.7 Å². The molecule has 0 atom stereocenters. The maximum absolute atomic E-state index is 11.8. The van der Waals surface area contributed by atoms with Gasteiger partial charge in [0.1, 0.15) is 0 Å². The SMILES string of the molecule is CCC(C)(CC)OCCCNCC(F)(F)F. The lowest BCUT2D eigenvalue weighted by Crippen LogP contribution is -2.31. The standard InChI is InChI=1S/C11H22F3NO/c1-4-10(3,5-2)16-8-6-7-15-9-11(12,13)14/h15H,4-9H2,1-3H3. The summed E-state index contributed by atoms with van der Waals surface area (Å²) in [7, 11) is 0. The Morgan fingerprint density at radius 2 is 1.69 bits per heavy atom. The van der Waals surface area contributed by atoms with E-state index in [0.717, 1.165) is 12.8 Å². The molecule has 0 aliphatic carbocycles. The fourth-order valence-corrected chi connectivity index (χ4v) is 1.20. The second-order valence-corrected chi connectivity index (χ2v) is 4.15. The number of alkyl halides is 3. The maximum Gasteiger partial charge on any atom is 0.401 e. The summed E-state index contributed by atoms with van der Waals surface area (Å²) >= 11 is 0. The zero-order valence-electron chi connectivity index (χ0n) is 10.3. The maximum atomic E-state index is 11.8. The van der Waals surface area contributed by atoms with E-state index in [1.165, 1.54) is 0 Å². The van der Waals surface area contributed by atoms with Gasteiger partial charge in [-0.15, -0.1) is 0 Å². The fourth-order valence-electron chi connectivity index (χ4n) is 1.20. The van der Waals surface area contributed by atoms with E-state index in [1.54, 1.807) is 0 Å². The van der Waals surface area contributed by atoms with E-state index in [9.17, 15) is 13.2 Å². The van der Waals surface area contributed by atoms with Crippen molar-refractivity contribution in [3.05, 3.63) is 0 Å². The zero-order chi connectivity index (χ0) is 12.7. The highest BCUT2D eigenvalue weighted by Crippen LogP contribution is 2.19. The number of hydrogen-bond acceptors (Lipinski definition) is 2. The monoisotopic (exact) mass is 241 g/mol. The first-order chi connectivity index (χ1) is 7.33. The van der Waals surface area contributed by atoms with Crippen LogP contribution >= 0.6 is 0 Å². The number of nitrogens with one attached hydrogen (secondary N) is 1. The zero-order valence-corrected chi connectivity index (χ0v) is 10.3. The molecule has 0 amide bonds. The van der Waals surface area contributed by atoms with Crippen LogP contribution in [0.15, 0.2) is 0 Å². The first-order valence-electron chi connectivity index (χ1n) is 5.74. The van der Waals surface area contributed by atoms with Crippen LogP contribution in [0.3, 0.4) is 0 Å². The predicted octanol–water partition coefficient (Wildman–Crippen LogP) is 3.12. The van der Waals surface area contributed by atoms with Gasteiger partial charge >= 0.3 is 6.18 Å². The molecule has 0 saturated carbocycles. The molecule has 0 aromatic heterocycles. The van der Waals surface area contributed by atoms with Crippen LogP contribution in [-0.4, -0.2) is 31.5 Å². The molecule has 0 heterocycles. The van der Waals surface area contributed by atoms with Crippen LogP contribution in [0.5, 0.6) is 0 Å².